The summed E-state index contributed by atoms with van der Waals surface area (Å²) in [5, 5.41) is 1.17. The highest BCUT2D eigenvalue weighted by Gasteiger charge is 2.59. The number of benzene rings is 1. The van der Waals surface area contributed by atoms with Crippen LogP contribution in [0.4, 0.5) is 0 Å². The number of allylic oxidation sites excluding steroid dienone is 1. The first-order valence-electron chi connectivity index (χ1n) is 17.7. The average Bonchev–Trinajstić information content (AvgIpc) is 3.49. The third-order valence-electron chi connectivity index (χ3n) is 13.3. The zero-order valence-electron chi connectivity index (χ0n) is 27.9. The molecule has 4 aliphatic rings. The van der Waals surface area contributed by atoms with E-state index < -0.39 is 6.04 Å². The maximum Gasteiger partial charge on any atom is 0.323 e. The van der Waals surface area contributed by atoms with Crippen LogP contribution in [0.3, 0.4) is 0 Å². The van der Waals surface area contributed by atoms with E-state index in [-0.39, 0.29) is 17.5 Å². The van der Waals surface area contributed by atoms with Crippen LogP contribution in [0.25, 0.3) is 10.9 Å². The van der Waals surface area contributed by atoms with Gasteiger partial charge in [0.15, 0.2) is 0 Å². The summed E-state index contributed by atoms with van der Waals surface area (Å²) < 4.78 is 8.25. The van der Waals surface area contributed by atoms with Gasteiger partial charge in [-0.15, -0.1) is 0 Å². The Labute approximate surface area is 261 Å². The molecule has 4 heteroatoms. The van der Waals surface area contributed by atoms with Gasteiger partial charge in [-0.05, 0) is 103 Å². The van der Waals surface area contributed by atoms with Crippen molar-refractivity contribution in [3.8, 4) is 0 Å². The van der Waals surface area contributed by atoms with E-state index in [0.29, 0.717) is 11.8 Å². The molecule has 9 atom stereocenters. The lowest BCUT2D eigenvalue weighted by atomic mass is 9.47. The quantitative estimate of drug-likeness (QED) is 0.236. The number of aryl methyl sites for hydroxylation is 1. The van der Waals surface area contributed by atoms with E-state index in [2.05, 4.69) is 63.6 Å². The zero-order chi connectivity index (χ0) is 30.5. The number of rotatable bonds is 9. The van der Waals surface area contributed by atoms with Crippen molar-refractivity contribution in [2.24, 2.45) is 59.1 Å². The molecule has 0 amide bonds. The number of hydrogen-bond acceptors (Lipinski definition) is 3. The third kappa shape index (κ3) is 5.64. The number of esters is 1. The van der Waals surface area contributed by atoms with Crippen LogP contribution < -0.4 is 5.73 Å². The second-order valence-corrected chi connectivity index (χ2v) is 16.2. The van der Waals surface area contributed by atoms with Crippen LogP contribution in [-0.4, -0.2) is 22.7 Å². The molecule has 2 aromatic rings. The Morgan fingerprint density at radius 2 is 1.84 bits per heavy atom. The molecule has 6 rings (SSSR count). The molecule has 1 aromatic carbocycles. The molecule has 0 saturated heterocycles. The lowest BCUT2D eigenvalue weighted by Crippen LogP contribution is -2.51. The van der Waals surface area contributed by atoms with Crippen molar-refractivity contribution in [1.29, 1.82) is 0 Å². The Bertz CT molecular complexity index is 1340. The number of hydrogen-bond donors (Lipinski definition) is 1. The van der Waals surface area contributed by atoms with Crippen molar-refractivity contribution in [3.63, 3.8) is 0 Å². The summed E-state index contributed by atoms with van der Waals surface area (Å²) in [7, 11) is 2.05. The number of fused-ring (bicyclic) bond motifs is 6. The van der Waals surface area contributed by atoms with E-state index in [9.17, 15) is 4.79 Å². The van der Waals surface area contributed by atoms with Gasteiger partial charge in [-0.25, -0.2) is 0 Å². The molecule has 4 nitrogen and oxygen atoms in total. The van der Waals surface area contributed by atoms with E-state index in [4.69, 9.17) is 10.5 Å². The Hall–Kier alpha value is -2.07. The summed E-state index contributed by atoms with van der Waals surface area (Å²) in [6.45, 7) is 12.5. The standard InChI is InChI=1S/C39H58N2O2/c1-25(2)10-9-11-26(3)32-16-17-33-31-15-14-28-23-29(18-20-38(28,4)34(31)19-21-39(32,33)5)43-37(42)35(40)22-27-24-41(6)36-13-8-7-12-30(27)36/h7-8,12-14,24-26,29,31-35H,9-11,15-23,40H2,1-6H3/t26?,29-,31-,32+,33-,34-,35?,38-,39+/m0/s1. The average molecular weight is 587 g/mol. The van der Waals surface area contributed by atoms with Crippen LogP contribution in [-0.2, 0) is 23.0 Å². The Morgan fingerprint density at radius 3 is 2.63 bits per heavy atom. The summed E-state index contributed by atoms with van der Waals surface area (Å²) >= 11 is 0. The van der Waals surface area contributed by atoms with Gasteiger partial charge < -0.3 is 15.0 Å². The Morgan fingerprint density at radius 1 is 1.05 bits per heavy atom. The van der Waals surface area contributed by atoms with Gasteiger partial charge in [0.1, 0.15) is 12.1 Å². The van der Waals surface area contributed by atoms with Crippen molar-refractivity contribution < 1.29 is 9.53 Å². The number of ether oxygens (including phenoxy) is 1. The molecule has 1 aromatic heterocycles. The van der Waals surface area contributed by atoms with E-state index in [0.717, 1.165) is 60.3 Å². The summed E-state index contributed by atoms with van der Waals surface area (Å²) in [6, 6.07) is 7.68. The number of aromatic nitrogens is 1. The van der Waals surface area contributed by atoms with Crippen molar-refractivity contribution in [1.82, 2.24) is 4.57 Å². The maximum absolute atomic E-state index is 13.2. The highest BCUT2D eigenvalue weighted by molar-refractivity contribution is 5.85. The molecule has 0 aliphatic heterocycles. The minimum absolute atomic E-state index is 0.0432. The number of carbonyl (C=O) groups is 1. The molecule has 236 valence electrons. The number of carbonyl (C=O) groups excluding carboxylic acids is 1. The molecule has 2 N–H and O–H groups in total. The fraction of sp³-hybridized carbons (Fsp3) is 0.718. The second kappa shape index (κ2) is 12.0. The van der Waals surface area contributed by atoms with Gasteiger partial charge in [0.05, 0.1) is 0 Å². The molecule has 2 unspecified atom stereocenters. The molecule has 4 aliphatic carbocycles. The second-order valence-electron chi connectivity index (χ2n) is 16.2. The lowest BCUT2D eigenvalue weighted by Gasteiger charge is -2.58. The highest BCUT2D eigenvalue weighted by atomic mass is 16.5. The van der Waals surface area contributed by atoms with Gasteiger partial charge in [-0.2, -0.15) is 0 Å². The molecule has 0 radical (unpaired) electrons. The fourth-order valence-corrected chi connectivity index (χ4v) is 10.9. The normalized spacial score (nSPS) is 35.2. The van der Waals surface area contributed by atoms with Crippen LogP contribution in [0.5, 0.6) is 0 Å². The first-order valence-corrected chi connectivity index (χ1v) is 17.7. The van der Waals surface area contributed by atoms with Crippen LogP contribution >= 0.6 is 0 Å². The minimum Gasteiger partial charge on any atom is -0.461 e. The van der Waals surface area contributed by atoms with E-state index in [1.165, 1.54) is 62.3 Å². The topological polar surface area (TPSA) is 57.2 Å². The molecular formula is C39H58N2O2. The molecule has 0 bridgehead atoms. The Kier molecular flexibility index (Phi) is 8.65. The predicted molar refractivity (Wildman–Crippen MR) is 178 cm³/mol. The first kappa shape index (κ1) is 30.9. The first-order chi connectivity index (χ1) is 20.5. The van der Waals surface area contributed by atoms with Crippen LogP contribution in [0, 0.1) is 46.3 Å². The summed E-state index contributed by atoms with van der Waals surface area (Å²) in [6.07, 6.45) is 19.2. The van der Waals surface area contributed by atoms with Gasteiger partial charge in [0.2, 0.25) is 0 Å². The lowest BCUT2D eigenvalue weighted by molar-refractivity contribution is -0.153. The van der Waals surface area contributed by atoms with Gasteiger partial charge >= 0.3 is 5.97 Å². The third-order valence-corrected chi connectivity index (χ3v) is 13.3. The smallest absolute Gasteiger partial charge is 0.323 e. The summed E-state index contributed by atoms with van der Waals surface area (Å²) in [5.74, 6) is 4.82. The monoisotopic (exact) mass is 586 g/mol. The van der Waals surface area contributed by atoms with Gasteiger partial charge in [-0.1, -0.05) is 83.7 Å². The summed E-state index contributed by atoms with van der Waals surface area (Å²) in [4.78, 5) is 13.2. The van der Waals surface area contributed by atoms with E-state index in [1.54, 1.807) is 5.57 Å². The van der Waals surface area contributed by atoms with E-state index in [1.807, 2.05) is 19.2 Å². The molecule has 43 heavy (non-hydrogen) atoms. The summed E-state index contributed by atoms with van der Waals surface area (Å²) in [5.41, 5.74) is 11.1. The van der Waals surface area contributed by atoms with Crippen molar-refractivity contribution in [2.45, 2.75) is 124 Å². The van der Waals surface area contributed by atoms with Crippen molar-refractivity contribution in [2.75, 3.05) is 0 Å². The van der Waals surface area contributed by atoms with Crippen LogP contribution in [0.15, 0.2) is 42.1 Å². The number of nitrogens with zero attached hydrogens (tertiary/aromatic N) is 1. The highest BCUT2D eigenvalue weighted by Crippen LogP contribution is 2.67. The molecule has 1 heterocycles. The van der Waals surface area contributed by atoms with Crippen LogP contribution in [0.1, 0.15) is 111 Å². The van der Waals surface area contributed by atoms with Crippen molar-refractivity contribution >= 4 is 16.9 Å². The molecule has 3 fully saturated rings. The largest absolute Gasteiger partial charge is 0.461 e. The van der Waals surface area contributed by atoms with Gasteiger partial charge in [0.25, 0.3) is 0 Å². The van der Waals surface area contributed by atoms with E-state index >= 15 is 0 Å². The minimum atomic E-state index is -0.636. The molecule has 0 spiro atoms. The fourth-order valence-electron chi connectivity index (χ4n) is 10.9. The van der Waals surface area contributed by atoms with Gasteiger partial charge in [-0.3, -0.25) is 4.79 Å². The maximum atomic E-state index is 13.2. The van der Waals surface area contributed by atoms with Gasteiger partial charge in [0, 0.05) is 37.0 Å². The zero-order valence-corrected chi connectivity index (χ0v) is 27.9. The molecular weight excluding hydrogens is 528 g/mol. The Balaban J connectivity index is 1.08. The van der Waals surface area contributed by atoms with Crippen molar-refractivity contribution in [3.05, 3.63) is 47.7 Å². The number of para-hydroxylation sites is 1. The predicted octanol–water partition coefficient (Wildman–Crippen LogP) is 9.00. The molecule has 3 saturated carbocycles. The number of nitrogens with two attached hydrogens (primary N) is 1. The SMILES string of the molecule is CC(C)CCCC(C)[C@H]1CC[C@H]2[C@@H]3CC=C4C[C@@H](OC(=O)C(N)Cc5cn(C)c6ccccc56)CC[C@]4(C)[C@H]3CC[C@]12C. The van der Waals surface area contributed by atoms with Crippen LogP contribution in [0.2, 0.25) is 0 Å².